The Bertz CT molecular complexity index is 942. The summed E-state index contributed by atoms with van der Waals surface area (Å²) < 4.78 is 1.76. The Morgan fingerprint density at radius 3 is 2.65 bits per heavy atom. The monoisotopic (exact) mass is 387 g/mol. The zero-order valence-electron chi connectivity index (χ0n) is 13.4. The Hall–Kier alpha value is -2.84. The predicted octanol–water partition coefficient (Wildman–Crippen LogP) is 2.75. The van der Waals surface area contributed by atoms with E-state index in [0.29, 0.717) is 21.4 Å². The molecule has 7 nitrogen and oxygen atoms in total. The zero-order valence-corrected chi connectivity index (χ0v) is 15.0. The van der Waals surface area contributed by atoms with Gasteiger partial charge in [0.25, 0.3) is 0 Å². The van der Waals surface area contributed by atoms with E-state index in [1.165, 1.54) is 11.8 Å². The van der Waals surface area contributed by atoms with Crippen LogP contribution in [-0.4, -0.2) is 32.3 Å². The summed E-state index contributed by atoms with van der Waals surface area (Å²) in [5.41, 5.74) is 6.96. The molecule has 3 aromatic rings. The van der Waals surface area contributed by atoms with E-state index in [9.17, 15) is 9.59 Å². The molecule has 3 rings (SSSR count). The molecule has 0 spiro atoms. The van der Waals surface area contributed by atoms with E-state index in [4.69, 9.17) is 17.3 Å². The smallest absolute Gasteiger partial charge is 0.248 e. The van der Waals surface area contributed by atoms with Gasteiger partial charge in [0.05, 0.1) is 11.4 Å². The molecular formula is C17H14ClN5O2S. The molecule has 0 atom stereocenters. The van der Waals surface area contributed by atoms with Gasteiger partial charge in [0.2, 0.25) is 11.8 Å². The number of halogens is 1. The Morgan fingerprint density at radius 1 is 1.19 bits per heavy atom. The quantitative estimate of drug-likeness (QED) is 0.633. The minimum atomic E-state index is -0.515. The fraction of sp³-hybridized carbons (Fsp3) is 0.0588. The average Bonchev–Trinajstić information content (AvgIpc) is 3.09. The summed E-state index contributed by atoms with van der Waals surface area (Å²) >= 11 is 7.26. The van der Waals surface area contributed by atoms with Crippen molar-refractivity contribution in [2.45, 2.75) is 5.16 Å². The van der Waals surface area contributed by atoms with E-state index in [1.807, 2.05) is 12.1 Å². The van der Waals surface area contributed by atoms with E-state index in [2.05, 4.69) is 15.5 Å². The fourth-order valence-corrected chi connectivity index (χ4v) is 3.08. The van der Waals surface area contributed by atoms with Gasteiger partial charge in [-0.25, -0.2) is 0 Å². The third-order valence-corrected chi connectivity index (χ3v) is 4.57. The predicted molar refractivity (Wildman–Crippen MR) is 101 cm³/mol. The van der Waals surface area contributed by atoms with Gasteiger partial charge in [-0.1, -0.05) is 29.4 Å². The molecule has 1 heterocycles. The lowest BCUT2D eigenvalue weighted by atomic mass is 10.2. The van der Waals surface area contributed by atoms with Crippen molar-refractivity contribution < 1.29 is 9.59 Å². The molecule has 1 aromatic heterocycles. The normalized spacial score (nSPS) is 10.5. The second-order valence-electron chi connectivity index (χ2n) is 5.24. The second kappa shape index (κ2) is 8.03. The highest BCUT2D eigenvalue weighted by atomic mass is 35.5. The van der Waals surface area contributed by atoms with Crippen molar-refractivity contribution in [3.05, 3.63) is 65.4 Å². The molecule has 3 N–H and O–H groups in total. The Balaban J connectivity index is 1.62. The highest BCUT2D eigenvalue weighted by Gasteiger charge is 2.11. The highest BCUT2D eigenvalue weighted by molar-refractivity contribution is 7.99. The number of amides is 2. The number of rotatable bonds is 6. The number of hydrogen-bond acceptors (Lipinski definition) is 5. The molecule has 0 aliphatic carbocycles. The van der Waals surface area contributed by atoms with E-state index >= 15 is 0 Å². The average molecular weight is 388 g/mol. The molecule has 0 radical (unpaired) electrons. The maximum Gasteiger partial charge on any atom is 0.248 e. The van der Waals surface area contributed by atoms with E-state index in [1.54, 1.807) is 47.3 Å². The van der Waals surface area contributed by atoms with Gasteiger partial charge in [-0.05, 0) is 42.5 Å². The molecule has 26 heavy (non-hydrogen) atoms. The number of anilines is 1. The van der Waals surface area contributed by atoms with Crippen LogP contribution in [0.15, 0.2) is 60.0 Å². The van der Waals surface area contributed by atoms with Crippen molar-refractivity contribution in [1.82, 2.24) is 14.8 Å². The first kappa shape index (κ1) is 18.0. The summed E-state index contributed by atoms with van der Waals surface area (Å²) in [7, 11) is 0. The number of nitrogens with one attached hydrogen (secondary N) is 1. The minimum absolute atomic E-state index is 0.150. The summed E-state index contributed by atoms with van der Waals surface area (Å²) in [6, 6.07) is 13.6. The molecule has 132 valence electrons. The van der Waals surface area contributed by atoms with E-state index < -0.39 is 5.91 Å². The number of nitrogens with two attached hydrogens (primary N) is 1. The molecule has 0 saturated heterocycles. The molecular weight excluding hydrogens is 374 g/mol. The summed E-state index contributed by atoms with van der Waals surface area (Å²) in [5.74, 6) is -0.571. The number of benzene rings is 2. The van der Waals surface area contributed by atoms with Crippen molar-refractivity contribution in [3.8, 4) is 5.69 Å². The van der Waals surface area contributed by atoms with Crippen LogP contribution in [0.1, 0.15) is 10.4 Å². The Kier molecular flexibility index (Phi) is 5.55. The number of nitrogens with zero attached hydrogens (tertiary/aromatic N) is 3. The van der Waals surface area contributed by atoms with Crippen LogP contribution in [0.3, 0.4) is 0 Å². The number of carbonyl (C=O) groups is 2. The van der Waals surface area contributed by atoms with Gasteiger partial charge in [0.1, 0.15) is 6.33 Å². The van der Waals surface area contributed by atoms with Gasteiger partial charge >= 0.3 is 0 Å². The van der Waals surface area contributed by atoms with Crippen molar-refractivity contribution in [2.24, 2.45) is 5.73 Å². The van der Waals surface area contributed by atoms with Crippen LogP contribution in [0.25, 0.3) is 5.69 Å². The number of thioether (sulfide) groups is 1. The molecule has 9 heteroatoms. The number of hydrogen-bond donors (Lipinski definition) is 2. The first-order valence-electron chi connectivity index (χ1n) is 7.51. The van der Waals surface area contributed by atoms with Crippen LogP contribution in [0.2, 0.25) is 5.02 Å². The lowest BCUT2D eigenvalue weighted by molar-refractivity contribution is -0.113. The van der Waals surface area contributed by atoms with Gasteiger partial charge in [0.15, 0.2) is 5.16 Å². The molecule has 2 amide bonds. The lowest BCUT2D eigenvalue weighted by Crippen LogP contribution is -2.15. The van der Waals surface area contributed by atoms with E-state index in [-0.39, 0.29) is 11.7 Å². The van der Waals surface area contributed by atoms with Crippen molar-refractivity contribution >= 4 is 40.9 Å². The van der Waals surface area contributed by atoms with Gasteiger partial charge in [-0.15, -0.1) is 10.2 Å². The molecule has 0 saturated carbocycles. The number of primary amides is 1. The third kappa shape index (κ3) is 4.41. The first-order chi connectivity index (χ1) is 12.5. The van der Waals surface area contributed by atoms with Crippen LogP contribution >= 0.6 is 23.4 Å². The molecule has 0 aliphatic rings. The molecule has 0 aliphatic heterocycles. The minimum Gasteiger partial charge on any atom is -0.366 e. The van der Waals surface area contributed by atoms with Crippen molar-refractivity contribution in [1.29, 1.82) is 0 Å². The Labute approximate surface area is 158 Å². The maximum absolute atomic E-state index is 12.1. The topological polar surface area (TPSA) is 103 Å². The van der Waals surface area contributed by atoms with Gasteiger partial charge in [-0.3, -0.25) is 14.2 Å². The van der Waals surface area contributed by atoms with Crippen molar-refractivity contribution in [2.75, 3.05) is 11.1 Å². The fourth-order valence-electron chi connectivity index (χ4n) is 2.17. The van der Waals surface area contributed by atoms with Gasteiger partial charge in [0, 0.05) is 16.3 Å². The summed E-state index contributed by atoms with van der Waals surface area (Å²) in [5, 5.41) is 11.8. The summed E-state index contributed by atoms with van der Waals surface area (Å²) in [4.78, 5) is 23.2. The maximum atomic E-state index is 12.1. The van der Waals surface area contributed by atoms with E-state index in [0.717, 1.165) is 5.69 Å². The second-order valence-corrected chi connectivity index (χ2v) is 6.62. The molecule has 0 fully saturated rings. The molecule has 2 aromatic carbocycles. The number of carbonyl (C=O) groups excluding carboxylic acids is 2. The molecule has 0 bridgehead atoms. The Morgan fingerprint density at radius 2 is 1.96 bits per heavy atom. The van der Waals surface area contributed by atoms with Crippen LogP contribution in [0.5, 0.6) is 0 Å². The number of aromatic nitrogens is 3. The highest BCUT2D eigenvalue weighted by Crippen LogP contribution is 2.22. The van der Waals surface area contributed by atoms with Crippen LogP contribution in [0, 0.1) is 0 Å². The van der Waals surface area contributed by atoms with Crippen LogP contribution in [0.4, 0.5) is 5.69 Å². The standard InChI is InChI=1S/C17H14ClN5O2S/c18-12-2-1-3-14(8-12)23-10-20-22-17(23)26-9-15(24)21-13-6-4-11(5-7-13)16(19)25/h1-8,10H,9H2,(H2,19,25)(H,21,24). The summed E-state index contributed by atoms with van der Waals surface area (Å²) in [6.45, 7) is 0. The SMILES string of the molecule is NC(=O)c1ccc(NC(=O)CSc2nncn2-c2cccc(Cl)c2)cc1. The van der Waals surface area contributed by atoms with Crippen molar-refractivity contribution in [3.63, 3.8) is 0 Å². The first-order valence-corrected chi connectivity index (χ1v) is 8.88. The van der Waals surface area contributed by atoms with Gasteiger partial charge < -0.3 is 11.1 Å². The molecule has 0 unspecified atom stereocenters. The zero-order chi connectivity index (χ0) is 18.5. The van der Waals surface area contributed by atoms with Crippen LogP contribution < -0.4 is 11.1 Å². The van der Waals surface area contributed by atoms with Gasteiger partial charge in [-0.2, -0.15) is 0 Å². The third-order valence-electron chi connectivity index (χ3n) is 3.39. The van der Waals surface area contributed by atoms with Crippen LogP contribution in [-0.2, 0) is 4.79 Å². The lowest BCUT2D eigenvalue weighted by Gasteiger charge is -2.07. The largest absolute Gasteiger partial charge is 0.366 e. The summed E-state index contributed by atoms with van der Waals surface area (Å²) in [6.07, 6.45) is 1.56.